The van der Waals surface area contributed by atoms with Gasteiger partial charge in [-0.25, -0.2) is 0 Å². The molecule has 154 valence electrons. The Labute approximate surface area is 177 Å². The summed E-state index contributed by atoms with van der Waals surface area (Å²) in [6, 6.07) is 15.7. The molecule has 31 heavy (non-hydrogen) atoms. The highest BCUT2D eigenvalue weighted by Crippen LogP contribution is 2.47. The van der Waals surface area contributed by atoms with Crippen molar-refractivity contribution in [2.24, 2.45) is 5.73 Å². The highest BCUT2D eigenvalue weighted by atomic mass is 16.5. The number of nitrogens with zero attached hydrogens (tertiary/aromatic N) is 2. The van der Waals surface area contributed by atoms with Gasteiger partial charge in [0.15, 0.2) is 11.5 Å². The lowest BCUT2D eigenvalue weighted by atomic mass is 9.83. The van der Waals surface area contributed by atoms with Gasteiger partial charge in [-0.15, -0.1) is 5.10 Å². The molecule has 0 saturated heterocycles. The number of nitrogens with two attached hydrogens (primary N) is 1. The molecule has 5 rings (SSSR count). The number of para-hydroxylation sites is 1. The van der Waals surface area contributed by atoms with Crippen molar-refractivity contribution in [1.82, 2.24) is 15.2 Å². The van der Waals surface area contributed by atoms with Gasteiger partial charge in [0.25, 0.3) is 0 Å². The van der Waals surface area contributed by atoms with Gasteiger partial charge in [-0.3, -0.25) is 5.10 Å². The zero-order chi connectivity index (χ0) is 21.5. The SMILES string of the molecule is COc1ccc(-c2[nH]nc3c2[C@H](c2c[nH]c4ccccc24)C(C#N)=C(N)O3)cc1OC. The van der Waals surface area contributed by atoms with Crippen LogP contribution in [-0.2, 0) is 0 Å². The van der Waals surface area contributed by atoms with E-state index in [2.05, 4.69) is 21.3 Å². The molecule has 0 saturated carbocycles. The first kappa shape index (κ1) is 18.6. The van der Waals surface area contributed by atoms with Crippen molar-refractivity contribution >= 4 is 10.9 Å². The number of methoxy groups -OCH3 is 2. The number of aromatic amines is 2. The topological polar surface area (TPSA) is 122 Å². The minimum Gasteiger partial charge on any atom is -0.493 e. The second-order valence-electron chi connectivity index (χ2n) is 7.10. The van der Waals surface area contributed by atoms with Crippen LogP contribution in [0.25, 0.3) is 22.2 Å². The second-order valence-corrected chi connectivity index (χ2v) is 7.10. The van der Waals surface area contributed by atoms with Crippen molar-refractivity contribution in [3.8, 4) is 34.7 Å². The minimum absolute atomic E-state index is 0.0515. The van der Waals surface area contributed by atoms with Crippen LogP contribution in [0.5, 0.6) is 17.4 Å². The molecular formula is C23H19N5O3. The van der Waals surface area contributed by atoms with Gasteiger partial charge >= 0.3 is 0 Å². The molecule has 0 bridgehead atoms. The highest BCUT2D eigenvalue weighted by Gasteiger charge is 2.37. The monoisotopic (exact) mass is 413 g/mol. The molecule has 3 heterocycles. The summed E-state index contributed by atoms with van der Waals surface area (Å²) in [5, 5.41) is 18.3. The number of nitrogens with one attached hydrogen (secondary N) is 2. The Bertz CT molecular complexity index is 1380. The average molecular weight is 413 g/mol. The predicted molar refractivity (Wildman–Crippen MR) is 115 cm³/mol. The van der Waals surface area contributed by atoms with Crippen molar-refractivity contribution in [2.45, 2.75) is 5.92 Å². The molecule has 1 atom stereocenters. The van der Waals surface area contributed by atoms with Crippen molar-refractivity contribution in [3.63, 3.8) is 0 Å². The fourth-order valence-corrected chi connectivity index (χ4v) is 4.10. The van der Waals surface area contributed by atoms with Crippen LogP contribution in [0.4, 0.5) is 0 Å². The van der Waals surface area contributed by atoms with Crippen LogP contribution < -0.4 is 19.9 Å². The normalized spacial score (nSPS) is 15.3. The van der Waals surface area contributed by atoms with Crippen LogP contribution >= 0.6 is 0 Å². The zero-order valence-corrected chi connectivity index (χ0v) is 16.9. The summed E-state index contributed by atoms with van der Waals surface area (Å²) in [5.74, 6) is 1.14. The van der Waals surface area contributed by atoms with Gasteiger partial charge in [0, 0.05) is 22.7 Å². The van der Waals surface area contributed by atoms with E-state index in [4.69, 9.17) is 19.9 Å². The molecule has 2 aromatic heterocycles. The first-order chi connectivity index (χ1) is 15.2. The van der Waals surface area contributed by atoms with Crippen molar-refractivity contribution in [1.29, 1.82) is 5.26 Å². The Morgan fingerprint density at radius 1 is 1.13 bits per heavy atom. The largest absolute Gasteiger partial charge is 0.493 e. The molecule has 0 fully saturated rings. The van der Waals surface area contributed by atoms with Crippen LogP contribution in [0.1, 0.15) is 17.0 Å². The Morgan fingerprint density at radius 2 is 1.94 bits per heavy atom. The lowest BCUT2D eigenvalue weighted by Gasteiger charge is -2.23. The Kier molecular flexibility index (Phi) is 4.30. The quantitative estimate of drug-likeness (QED) is 0.468. The van der Waals surface area contributed by atoms with Gasteiger partial charge in [0.2, 0.25) is 11.8 Å². The smallest absolute Gasteiger partial charge is 0.244 e. The molecule has 8 nitrogen and oxygen atoms in total. The van der Waals surface area contributed by atoms with E-state index in [1.807, 2.05) is 48.7 Å². The summed E-state index contributed by atoms with van der Waals surface area (Å²) in [7, 11) is 3.17. The molecule has 0 amide bonds. The number of H-pyrrole nitrogens is 2. The Morgan fingerprint density at radius 3 is 2.71 bits per heavy atom. The van der Waals surface area contributed by atoms with Crippen LogP contribution in [0, 0.1) is 11.3 Å². The third-order valence-electron chi connectivity index (χ3n) is 5.54. The van der Waals surface area contributed by atoms with Gasteiger partial charge in [-0.1, -0.05) is 18.2 Å². The standard InChI is InChI=1S/C23H19N5O3/c1-29-17-8-7-12(9-18(17)30-2)21-20-19(14(10-24)22(25)31-23(20)28-27-21)15-11-26-16-6-4-3-5-13(15)16/h3-9,11,19,26H,25H2,1-2H3,(H,27,28)/t19-/m0/s1. The Balaban J connectivity index is 1.75. The first-order valence-corrected chi connectivity index (χ1v) is 9.60. The first-order valence-electron chi connectivity index (χ1n) is 9.60. The lowest BCUT2D eigenvalue weighted by molar-refractivity contribution is 0.355. The van der Waals surface area contributed by atoms with Gasteiger partial charge < -0.3 is 24.9 Å². The fraction of sp³-hybridized carbons (Fsp3) is 0.130. The third-order valence-corrected chi connectivity index (χ3v) is 5.54. The van der Waals surface area contributed by atoms with E-state index < -0.39 is 5.92 Å². The lowest BCUT2D eigenvalue weighted by Crippen LogP contribution is -2.20. The number of ether oxygens (including phenoxy) is 3. The molecule has 0 unspecified atom stereocenters. The maximum atomic E-state index is 9.93. The van der Waals surface area contributed by atoms with Gasteiger partial charge in [0.1, 0.15) is 11.6 Å². The highest BCUT2D eigenvalue weighted by molar-refractivity contribution is 5.86. The van der Waals surface area contributed by atoms with Crippen LogP contribution in [0.3, 0.4) is 0 Å². The van der Waals surface area contributed by atoms with E-state index in [1.165, 1.54) is 0 Å². The second kappa shape index (κ2) is 7.15. The number of nitriles is 1. The molecule has 1 aliphatic heterocycles. The summed E-state index contributed by atoms with van der Waals surface area (Å²) in [4.78, 5) is 3.28. The van der Waals surface area contributed by atoms with Crippen LogP contribution in [-0.4, -0.2) is 29.4 Å². The number of hydrogen-bond donors (Lipinski definition) is 3. The van der Waals surface area contributed by atoms with Crippen molar-refractivity contribution < 1.29 is 14.2 Å². The summed E-state index contributed by atoms with van der Waals surface area (Å²) < 4.78 is 16.5. The van der Waals surface area contributed by atoms with Crippen molar-refractivity contribution in [2.75, 3.05) is 14.2 Å². The number of rotatable bonds is 4. The van der Waals surface area contributed by atoms with Crippen LogP contribution in [0.2, 0.25) is 0 Å². The maximum Gasteiger partial charge on any atom is 0.244 e. The molecular weight excluding hydrogens is 394 g/mol. The predicted octanol–water partition coefficient (Wildman–Crippen LogP) is 3.79. The molecule has 4 N–H and O–H groups in total. The van der Waals surface area contributed by atoms with E-state index in [1.54, 1.807) is 14.2 Å². The van der Waals surface area contributed by atoms with Gasteiger partial charge in [-0.05, 0) is 29.8 Å². The molecule has 0 spiro atoms. The molecule has 4 aromatic rings. The Hall–Kier alpha value is -4.38. The minimum atomic E-state index is -0.452. The number of hydrogen-bond acceptors (Lipinski definition) is 6. The van der Waals surface area contributed by atoms with E-state index in [0.29, 0.717) is 28.6 Å². The van der Waals surface area contributed by atoms with E-state index >= 15 is 0 Å². The maximum absolute atomic E-state index is 9.93. The van der Waals surface area contributed by atoms with Crippen molar-refractivity contribution in [3.05, 3.63) is 71.2 Å². The summed E-state index contributed by atoms with van der Waals surface area (Å²) in [6.45, 7) is 0. The number of aromatic nitrogens is 3. The van der Waals surface area contributed by atoms with E-state index in [0.717, 1.165) is 27.6 Å². The van der Waals surface area contributed by atoms with Gasteiger partial charge in [0.05, 0.1) is 31.4 Å². The molecule has 8 heteroatoms. The zero-order valence-electron chi connectivity index (χ0n) is 16.9. The number of fused-ring (bicyclic) bond motifs is 2. The average Bonchev–Trinajstić information content (AvgIpc) is 3.42. The summed E-state index contributed by atoms with van der Waals surface area (Å²) in [6.07, 6.45) is 1.90. The summed E-state index contributed by atoms with van der Waals surface area (Å²) in [5.41, 5.74) is 10.6. The number of allylic oxidation sites excluding steroid dienone is 1. The molecule has 0 radical (unpaired) electrons. The number of benzene rings is 2. The van der Waals surface area contributed by atoms with E-state index in [-0.39, 0.29) is 5.88 Å². The third kappa shape index (κ3) is 2.79. The molecule has 2 aromatic carbocycles. The van der Waals surface area contributed by atoms with Gasteiger partial charge in [-0.2, -0.15) is 5.26 Å². The summed E-state index contributed by atoms with van der Waals surface area (Å²) >= 11 is 0. The molecule has 1 aliphatic rings. The van der Waals surface area contributed by atoms with Crippen LogP contribution in [0.15, 0.2) is 60.1 Å². The molecule has 0 aliphatic carbocycles. The fourth-order valence-electron chi connectivity index (χ4n) is 4.10. The van der Waals surface area contributed by atoms with E-state index in [9.17, 15) is 5.26 Å².